The standard InChI is InChI=1S/C29H37N3O3S/c1-34-25-15-14-21(18-26(25)35-2)29(33)32(19-28-31-23-11-6-7-13-27(23)36-28)24(22-12-8-16-30-22)17-20-9-4-3-5-10-20/h6-7,11,13-15,18,20,22,24,30H,3-5,8-10,12,16-17,19H2,1-2H3. The number of carbonyl (C=O) groups is 1. The molecule has 1 saturated heterocycles. The summed E-state index contributed by atoms with van der Waals surface area (Å²) in [6.45, 7) is 1.54. The van der Waals surface area contributed by atoms with E-state index in [1.165, 1.54) is 32.1 Å². The lowest BCUT2D eigenvalue weighted by Crippen LogP contribution is -2.51. The first-order chi connectivity index (χ1) is 17.7. The van der Waals surface area contributed by atoms with Crippen LogP contribution in [0.1, 0.15) is 66.7 Å². The zero-order chi connectivity index (χ0) is 24.9. The van der Waals surface area contributed by atoms with Crippen LogP contribution in [0.2, 0.25) is 0 Å². The van der Waals surface area contributed by atoms with Crippen LogP contribution < -0.4 is 14.8 Å². The van der Waals surface area contributed by atoms with E-state index in [0.29, 0.717) is 35.6 Å². The molecule has 1 aromatic heterocycles. The molecule has 1 aliphatic carbocycles. The maximum atomic E-state index is 14.3. The molecule has 36 heavy (non-hydrogen) atoms. The molecule has 2 aromatic carbocycles. The second-order valence-corrected chi connectivity index (χ2v) is 11.2. The van der Waals surface area contributed by atoms with Gasteiger partial charge in [-0.3, -0.25) is 4.79 Å². The van der Waals surface area contributed by atoms with Gasteiger partial charge in [0.2, 0.25) is 0 Å². The number of fused-ring (bicyclic) bond motifs is 1. The van der Waals surface area contributed by atoms with Crippen LogP contribution in [-0.4, -0.2) is 48.6 Å². The maximum Gasteiger partial charge on any atom is 0.254 e. The van der Waals surface area contributed by atoms with Gasteiger partial charge in [0.1, 0.15) is 5.01 Å². The van der Waals surface area contributed by atoms with Crippen molar-refractivity contribution in [3.05, 3.63) is 53.0 Å². The summed E-state index contributed by atoms with van der Waals surface area (Å²) in [5, 5.41) is 4.71. The first-order valence-corrected chi connectivity index (χ1v) is 14.1. The quantitative estimate of drug-likeness (QED) is 0.382. The third-order valence-corrected chi connectivity index (χ3v) is 8.82. The zero-order valence-corrected chi connectivity index (χ0v) is 22.2. The second-order valence-electron chi connectivity index (χ2n) is 10.1. The molecule has 1 N–H and O–H groups in total. The van der Waals surface area contributed by atoms with Gasteiger partial charge >= 0.3 is 0 Å². The summed E-state index contributed by atoms with van der Waals surface area (Å²) in [7, 11) is 3.23. The minimum absolute atomic E-state index is 0.0321. The lowest BCUT2D eigenvalue weighted by molar-refractivity contribution is 0.0570. The number of hydrogen-bond acceptors (Lipinski definition) is 6. The Morgan fingerprint density at radius 1 is 1.06 bits per heavy atom. The van der Waals surface area contributed by atoms with Gasteiger partial charge in [-0.05, 0) is 62.1 Å². The number of amides is 1. The minimum Gasteiger partial charge on any atom is -0.493 e. The van der Waals surface area contributed by atoms with E-state index in [9.17, 15) is 4.79 Å². The van der Waals surface area contributed by atoms with Crippen molar-refractivity contribution in [2.45, 2.75) is 70.0 Å². The van der Waals surface area contributed by atoms with Crippen molar-refractivity contribution in [2.75, 3.05) is 20.8 Å². The third kappa shape index (κ3) is 5.52. The highest BCUT2D eigenvalue weighted by atomic mass is 32.1. The van der Waals surface area contributed by atoms with Crippen LogP contribution in [0.15, 0.2) is 42.5 Å². The van der Waals surface area contributed by atoms with Gasteiger partial charge in [-0.25, -0.2) is 4.98 Å². The molecule has 5 rings (SSSR count). The fourth-order valence-electron chi connectivity index (χ4n) is 5.92. The molecule has 3 aromatic rings. The molecule has 0 radical (unpaired) electrons. The van der Waals surface area contributed by atoms with Gasteiger partial charge in [0.25, 0.3) is 5.91 Å². The van der Waals surface area contributed by atoms with Crippen molar-refractivity contribution in [3.63, 3.8) is 0 Å². The Balaban J connectivity index is 1.51. The van der Waals surface area contributed by atoms with Crippen LogP contribution in [0.25, 0.3) is 10.2 Å². The molecule has 1 saturated carbocycles. The molecule has 1 amide bonds. The molecule has 192 valence electrons. The van der Waals surface area contributed by atoms with Gasteiger partial charge < -0.3 is 19.7 Å². The smallest absolute Gasteiger partial charge is 0.254 e. The predicted octanol–water partition coefficient (Wildman–Crippen LogP) is 6.05. The Hall–Kier alpha value is -2.64. The normalized spacial score (nSPS) is 19.3. The predicted molar refractivity (Wildman–Crippen MR) is 145 cm³/mol. The highest BCUT2D eigenvalue weighted by Crippen LogP contribution is 2.34. The van der Waals surface area contributed by atoms with Crippen LogP contribution in [0.5, 0.6) is 11.5 Å². The molecule has 6 nitrogen and oxygen atoms in total. The number of thiazole rings is 1. The van der Waals surface area contributed by atoms with Crippen LogP contribution in [0.3, 0.4) is 0 Å². The molecule has 2 fully saturated rings. The largest absolute Gasteiger partial charge is 0.493 e. The number of para-hydroxylation sites is 1. The lowest BCUT2D eigenvalue weighted by Gasteiger charge is -2.38. The van der Waals surface area contributed by atoms with E-state index in [1.807, 2.05) is 36.4 Å². The Morgan fingerprint density at radius 3 is 2.58 bits per heavy atom. The molecular formula is C29H37N3O3S. The lowest BCUT2D eigenvalue weighted by atomic mass is 9.82. The molecular weight excluding hydrogens is 470 g/mol. The van der Waals surface area contributed by atoms with E-state index in [2.05, 4.69) is 16.3 Å². The average molecular weight is 508 g/mol. The van der Waals surface area contributed by atoms with E-state index < -0.39 is 0 Å². The molecule has 2 atom stereocenters. The number of carbonyl (C=O) groups excluding carboxylic acids is 1. The number of hydrogen-bond donors (Lipinski definition) is 1. The Labute approximate surface area is 218 Å². The summed E-state index contributed by atoms with van der Waals surface area (Å²) in [5.74, 6) is 1.90. The van der Waals surface area contributed by atoms with Crippen molar-refractivity contribution in [2.24, 2.45) is 5.92 Å². The zero-order valence-electron chi connectivity index (χ0n) is 21.4. The van der Waals surface area contributed by atoms with Crippen LogP contribution >= 0.6 is 11.3 Å². The van der Waals surface area contributed by atoms with Gasteiger partial charge in [-0.2, -0.15) is 0 Å². The fourth-order valence-corrected chi connectivity index (χ4v) is 6.89. The van der Waals surface area contributed by atoms with E-state index in [4.69, 9.17) is 14.5 Å². The van der Waals surface area contributed by atoms with E-state index in [0.717, 1.165) is 41.0 Å². The number of benzene rings is 2. The summed E-state index contributed by atoms with van der Waals surface area (Å²) >= 11 is 1.69. The summed E-state index contributed by atoms with van der Waals surface area (Å²) in [6.07, 6.45) is 9.78. The van der Waals surface area contributed by atoms with Gasteiger partial charge in [0.05, 0.1) is 31.0 Å². The first-order valence-electron chi connectivity index (χ1n) is 13.3. The van der Waals surface area contributed by atoms with E-state index in [-0.39, 0.29) is 11.9 Å². The summed E-state index contributed by atoms with van der Waals surface area (Å²) in [4.78, 5) is 21.3. The van der Waals surface area contributed by atoms with Crippen LogP contribution in [0.4, 0.5) is 0 Å². The van der Waals surface area contributed by atoms with Gasteiger partial charge in [-0.15, -0.1) is 11.3 Å². The number of aromatic nitrogens is 1. The number of rotatable bonds is 9. The summed E-state index contributed by atoms with van der Waals surface area (Å²) in [6, 6.07) is 14.2. The van der Waals surface area contributed by atoms with Crippen molar-refractivity contribution in [1.82, 2.24) is 15.2 Å². The Kier molecular flexibility index (Phi) is 8.07. The molecule has 0 bridgehead atoms. The maximum absolute atomic E-state index is 14.3. The SMILES string of the molecule is COc1ccc(C(=O)N(Cc2nc3ccccc3s2)C(CC2CCCCC2)C2CCCN2)cc1OC. The van der Waals surface area contributed by atoms with Crippen molar-refractivity contribution in [1.29, 1.82) is 0 Å². The van der Waals surface area contributed by atoms with E-state index >= 15 is 0 Å². The van der Waals surface area contributed by atoms with Crippen LogP contribution in [-0.2, 0) is 6.54 Å². The molecule has 0 spiro atoms. The monoisotopic (exact) mass is 507 g/mol. The molecule has 2 heterocycles. The van der Waals surface area contributed by atoms with Crippen molar-refractivity contribution < 1.29 is 14.3 Å². The highest BCUT2D eigenvalue weighted by Gasteiger charge is 2.36. The van der Waals surface area contributed by atoms with Crippen molar-refractivity contribution in [3.8, 4) is 11.5 Å². The fraction of sp³-hybridized carbons (Fsp3) is 0.517. The number of methoxy groups -OCH3 is 2. The van der Waals surface area contributed by atoms with E-state index in [1.54, 1.807) is 25.6 Å². The Bertz CT molecular complexity index is 1130. The van der Waals surface area contributed by atoms with Crippen molar-refractivity contribution >= 4 is 27.5 Å². The molecule has 2 unspecified atom stereocenters. The number of ether oxygens (including phenoxy) is 2. The summed E-state index contributed by atoms with van der Waals surface area (Å²) < 4.78 is 12.1. The number of nitrogens with zero attached hydrogens (tertiary/aromatic N) is 2. The minimum atomic E-state index is 0.0321. The highest BCUT2D eigenvalue weighted by molar-refractivity contribution is 7.18. The van der Waals surface area contributed by atoms with Gasteiger partial charge in [0.15, 0.2) is 11.5 Å². The third-order valence-electron chi connectivity index (χ3n) is 7.80. The summed E-state index contributed by atoms with van der Waals surface area (Å²) in [5.41, 5.74) is 1.62. The molecule has 2 aliphatic rings. The average Bonchev–Trinajstić information content (AvgIpc) is 3.60. The topological polar surface area (TPSA) is 63.7 Å². The molecule has 7 heteroatoms. The van der Waals surface area contributed by atoms with Gasteiger partial charge in [-0.1, -0.05) is 44.2 Å². The molecule has 1 aliphatic heterocycles. The number of nitrogens with one attached hydrogen (secondary N) is 1. The van der Waals surface area contributed by atoms with Crippen LogP contribution in [0, 0.1) is 5.92 Å². The Morgan fingerprint density at radius 2 is 1.86 bits per heavy atom. The second kappa shape index (κ2) is 11.6. The first kappa shape index (κ1) is 25.0. The van der Waals surface area contributed by atoms with Gasteiger partial charge in [0, 0.05) is 17.6 Å².